The van der Waals surface area contributed by atoms with Gasteiger partial charge in [0.1, 0.15) is 0 Å². The molecule has 0 atom stereocenters. The van der Waals surface area contributed by atoms with Gasteiger partial charge in [-0.15, -0.1) is 0 Å². The third kappa shape index (κ3) is 3.38. The van der Waals surface area contributed by atoms with Crippen molar-refractivity contribution in [1.29, 1.82) is 0 Å². The first-order valence-corrected chi connectivity index (χ1v) is 11.6. The van der Waals surface area contributed by atoms with Crippen molar-refractivity contribution < 1.29 is 16.0 Å². The Balaban J connectivity index is 4.23. The Bertz CT molecular complexity index is 95.8. The molecular formula is C7H19MnSi2. The third-order valence-corrected chi connectivity index (χ3v) is 15.9. The summed E-state index contributed by atoms with van der Waals surface area (Å²) in [6, 6.07) is 0. The van der Waals surface area contributed by atoms with Crippen LogP contribution in [0.4, 0.5) is 0 Å². The van der Waals surface area contributed by atoms with Crippen molar-refractivity contribution in [1.82, 2.24) is 0 Å². The average Bonchev–Trinajstić information content (AvgIpc) is 1.59. The zero-order valence-electron chi connectivity index (χ0n) is 7.96. The van der Waals surface area contributed by atoms with Gasteiger partial charge >= 0.3 is 75.5 Å². The molecule has 0 nitrogen and oxygen atoms in total. The van der Waals surface area contributed by atoms with Crippen LogP contribution in [0.3, 0.4) is 0 Å². The quantitative estimate of drug-likeness (QED) is 0.620. The summed E-state index contributed by atoms with van der Waals surface area (Å²) in [5.74, 6) is 0. The van der Waals surface area contributed by atoms with E-state index in [0.717, 1.165) is 4.06 Å². The minimum atomic E-state index is -0.918. The van der Waals surface area contributed by atoms with Gasteiger partial charge in [0, 0.05) is 0 Å². The zero-order chi connectivity index (χ0) is 8.58. The van der Waals surface area contributed by atoms with E-state index in [1.54, 1.807) is 0 Å². The van der Waals surface area contributed by atoms with Gasteiger partial charge in [0.25, 0.3) is 0 Å². The van der Waals surface area contributed by atoms with Crippen LogP contribution in [0.5, 0.6) is 0 Å². The maximum atomic E-state index is 3.84. The van der Waals surface area contributed by atoms with Gasteiger partial charge in [0.2, 0.25) is 0 Å². The van der Waals surface area contributed by atoms with Gasteiger partial charge in [-0.1, -0.05) is 0 Å². The van der Waals surface area contributed by atoms with Crippen molar-refractivity contribution in [3.8, 4) is 0 Å². The van der Waals surface area contributed by atoms with Crippen LogP contribution in [0, 0.1) is 0 Å². The molecule has 0 aromatic carbocycles. The summed E-state index contributed by atoms with van der Waals surface area (Å²) in [4.78, 5) is 0. The fraction of sp³-hybridized carbons (Fsp3) is 1.00. The molecule has 0 aromatic heterocycles. The van der Waals surface area contributed by atoms with Crippen LogP contribution < -0.4 is 0 Å². The van der Waals surface area contributed by atoms with Crippen molar-refractivity contribution in [3.05, 3.63) is 0 Å². The van der Waals surface area contributed by atoms with E-state index >= 15 is 0 Å². The second-order valence-electron chi connectivity index (χ2n) is 5.09. The second kappa shape index (κ2) is 3.13. The van der Waals surface area contributed by atoms with Gasteiger partial charge in [-0.3, -0.25) is 0 Å². The van der Waals surface area contributed by atoms with Gasteiger partial charge in [-0.25, -0.2) is 0 Å². The van der Waals surface area contributed by atoms with Crippen molar-refractivity contribution in [2.24, 2.45) is 0 Å². The van der Waals surface area contributed by atoms with Gasteiger partial charge in [0.15, 0.2) is 0 Å². The summed E-state index contributed by atoms with van der Waals surface area (Å²) in [6.45, 7) is 14.6. The first-order valence-electron chi connectivity index (χ1n) is 3.80. The summed E-state index contributed by atoms with van der Waals surface area (Å²) in [5, 5.41) is 0. The number of hydrogen-bond acceptors (Lipinski definition) is 0. The molecule has 0 saturated carbocycles. The van der Waals surface area contributed by atoms with Crippen LogP contribution >= 0.6 is 0 Å². The molecule has 0 fully saturated rings. The Labute approximate surface area is 75.6 Å². The molecule has 0 aromatic rings. The van der Waals surface area contributed by atoms with Crippen molar-refractivity contribution in [2.45, 2.75) is 43.3 Å². The summed E-state index contributed by atoms with van der Waals surface area (Å²) in [6.07, 6.45) is 0. The predicted molar refractivity (Wildman–Crippen MR) is 50.4 cm³/mol. The molecule has 62 valence electrons. The number of hydrogen-bond donors (Lipinski definition) is 0. The van der Waals surface area contributed by atoms with Crippen LogP contribution in [-0.4, -0.2) is 16.1 Å². The zero-order valence-corrected chi connectivity index (χ0v) is 11.1. The molecule has 0 heterocycles. The van der Waals surface area contributed by atoms with Crippen molar-refractivity contribution >= 4 is 16.1 Å². The van der Waals surface area contributed by atoms with Crippen LogP contribution in [0.1, 0.15) is 0 Å². The van der Waals surface area contributed by atoms with E-state index in [2.05, 4.69) is 55.3 Å². The molecule has 0 aliphatic rings. The standard InChI is InChI=1S/C7H19Si2.Mn/c1-8(2,3)7-9(4,5)6;/h7H,1-6H3;. The van der Waals surface area contributed by atoms with E-state index in [9.17, 15) is 0 Å². The van der Waals surface area contributed by atoms with Crippen LogP contribution in [-0.2, 0) is 16.0 Å². The first-order chi connectivity index (χ1) is 4.15. The van der Waals surface area contributed by atoms with Gasteiger partial charge in [-0.2, -0.15) is 0 Å². The van der Waals surface area contributed by atoms with Gasteiger partial charge in [-0.05, 0) is 0 Å². The molecule has 0 saturated heterocycles. The Morgan fingerprint density at radius 2 is 1.00 bits per heavy atom. The van der Waals surface area contributed by atoms with Gasteiger partial charge in [0.05, 0.1) is 0 Å². The monoisotopic (exact) mass is 214 g/mol. The molecule has 0 unspecified atom stereocenters. The maximum absolute atomic E-state index is 3.84. The van der Waals surface area contributed by atoms with E-state index in [0.29, 0.717) is 0 Å². The Morgan fingerprint density at radius 3 is 1.00 bits per heavy atom. The molecule has 0 amide bonds. The predicted octanol–water partition coefficient (Wildman–Crippen LogP) is 3.08. The topological polar surface area (TPSA) is 0 Å². The molecular weight excluding hydrogens is 195 g/mol. The second-order valence-corrected chi connectivity index (χ2v) is 18.2. The van der Waals surface area contributed by atoms with E-state index in [-0.39, 0.29) is 0 Å². The molecule has 0 aliphatic heterocycles. The molecule has 0 spiro atoms. The van der Waals surface area contributed by atoms with E-state index < -0.39 is 16.1 Å². The van der Waals surface area contributed by atoms with Crippen LogP contribution in [0.25, 0.3) is 0 Å². The minimum absolute atomic E-state index is 0.854. The van der Waals surface area contributed by atoms with Gasteiger partial charge < -0.3 is 0 Å². The summed E-state index contributed by atoms with van der Waals surface area (Å²) >= 11 is 3.84. The normalized spacial score (nSPS) is 14.4. The van der Waals surface area contributed by atoms with Crippen molar-refractivity contribution in [2.75, 3.05) is 0 Å². The average molecular weight is 214 g/mol. The molecule has 0 bridgehead atoms. The molecule has 10 heavy (non-hydrogen) atoms. The third-order valence-electron chi connectivity index (χ3n) is 1.52. The number of rotatable bonds is 2. The Morgan fingerprint density at radius 1 is 0.800 bits per heavy atom. The molecule has 3 heteroatoms. The van der Waals surface area contributed by atoms with Crippen LogP contribution in [0.2, 0.25) is 43.3 Å². The SMILES string of the molecule is C[Si](C)(C)[CH]([Mn])[Si](C)(C)C. The summed E-state index contributed by atoms with van der Waals surface area (Å²) in [7, 11) is -1.84. The fourth-order valence-corrected chi connectivity index (χ4v) is 11.7. The van der Waals surface area contributed by atoms with E-state index in [1.165, 1.54) is 0 Å². The molecule has 0 N–H and O–H groups in total. The Kier molecular flexibility index (Phi) is 3.43. The van der Waals surface area contributed by atoms with Crippen molar-refractivity contribution in [3.63, 3.8) is 0 Å². The summed E-state index contributed by atoms with van der Waals surface area (Å²) < 4.78 is 0.854. The molecule has 0 aliphatic carbocycles. The summed E-state index contributed by atoms with van der Waals surface area (Å²) in [5.41, 5.74) is 0. The van der Waals surface area contributed by atoms with Crippen LogP contribution in [0.15, 0.2) is 0 Å². The first kappa shape index (κ1) is 11.0. The Hall–Kier alpha value is 0.953. The molecule has 0 radical (unpaired) electrons. The van der Waals surface area contributed by atoms with E-state index in [1.807, 2.05) is 0 Å². The fourth-order valence-electron chi connectivity index (χ4n) is 1.30. The molecule has 0 rings (SSSR count). The van der Waals surface area contributed by atoms with E-state index in [4.69, 9.17) is 0 Å².